The molecule has 0 spiro atoms. The molecule has 0 atom stereocenters. The Morgan fingerprint density at radius 1 is 1.47 bits per heavy atom. The topological polar surface area (TPSA) is 29.5 Å². The van der Waals surface area contributed by atoms with Gasteiger partial charge >= 0.3 is 0 Å². The van der Waals surface area contributed by atoms with Gasteiger partial charge in [-0.1, -0.05) is 23.7 Å². The number of benzene rings is 1. The molecule has 1 aliphatic heterocycles. The van der Waals surface area contributed by atoms with E-state index in [1.807, 2.05) is 18.2 Å². The van der Waals surface area contributed by atoms with E-state index in [1.54, 1.807) is 17.9 Å². The normalized spacial score (nSPS) is 15.5. The molecule has 0 aliphatic carbocycles. The minimum atomic E-state index is 0.337. The fraction of sp³-hybridized carbons (Fsp3) is 0.182. The molecule has 0 saturated heterocycles. The van der Waals surface area contributed by atoms with Gasteiger partial charge in [-0.15, -0.1) is 0 Å². The molecule has 1 aromatic carbocycles. The van der Waals surface area contributed by atoms with E-state index in [9.17, 15) is 4.79 Å². The molecule has 1 aromatic rings. The third-order valence-electron chi connectivity index (χ3n) is 2.32. The zero-order valence-corrected chi connectivity index (χ0v) is 8.99. The van der Waals surface area contributed by atoms with E-state index in [0.29, 0.717) is 23.2 Å². The minimum Gasteiger partial charge on any atom is -0.475 e. The predicted octanol–water partition coefficient (Wildman–Crippen LogP) is 2.56. The smallest absolute Gasteiger partial charge is 0.170 e. The number of carbonyl (C=O) groups excluding carboxylic acids is 1. The molecule has 1 aliphatic rings. The first-order valence-electron chi connectivity index (χ1n) is 4.55. The summed E-state index contributed by atoms with van der Waals surface area (Å²) in [6.45, 7) is 2.10. The molecule has 0 N–H and O–H groups in total. The van der Waals surface area contributed by atoms with Gasteiger partial charge in [0, 0.05) is 0 Å². The molecular weight excluding hydrogens is 214 g/mol. The Hall–Kier alpha value is -1.48. The van der Waals surface area contributed by atoms with Crippen LogP contribution in [0.1, 0.15) is 6.92 Å². The van der Waals surface area contributed by atoms with Gasteiger partial charge in [0.25, 0.3) is 0 Å². The number of halogens is 1. The first-order chi connectivity index (χ1) is 7.24. The van der Waals surface area contributed by atoms with Crippen LogP contribution >= 0.6 is 11.6 Å². The summed E-state index contributed by atoms with van der Waals surface area (Å²) in [6, 6.07) is 7.36. The second-order valence-corrected chi connectivity index (χ2v) is 3.62. The van der Waals surface area contributed by atoms with Gasteiger partial charge in [-0.05, 0) is 19.1 Å². The first-order valence-corrected chi connectivity index (χ1v) is 4.92. The van der Waals surface area contributed by atoms with Gasteiger partial charge in [0.2, 0.25) is 0 Å². The minimum absolute atomic E-state index is 0.337. The molecule has 0 radical (unpaired) electrons. The lowest BCUT2D eigenvalue weighted by Gasteiger charge is -2.17. The maximum Gasteiger partial charge on any atom is 0.170 e. The van der Waals surface area contributed by atoms with E-state index in [1.165, 1.54) is 0 Å². The lowest BCUT2D eigenvalue weighted by Crippen LogP contribution is -2.20. The predicted molar refractivity (Wildman–Crippen MR) is 58.6 cm³/mol. The Morgan fingerprint density at radius 2 is 2.20 bits per heavy atom. The molecule has 2 rings (SSSR count). The van der Waals surface area contributed by atoms with Crippen LogP contribution in [0.15, 0.2) is 35.7 Å². The van der Waals surface area contributed by atoms with Crippen LogP contribution in [0, 0.1) is 0 Å². The van der Waals surface area contributed by atoms with Crippen LogP contribution in [0.4, 0.5) is 5.69 Å². The van der Waals surface area contributed by atoms with Crippen LogP contribution in [-0.4, -0.2) is 13.0 Å². The summed E-state index contributed by atoms with van der Waals surface area (Å²) in [6.07, 6.45) is 0.783. The third kappa shape index (κ3) is 1.70. The molecular formula is C11H10ClNO2. The summed E-state index contributed by atoms with van der Waals surface area (Å²) in [7, 11) is 0. The zero-order valence-electron chi connectivity index (χ0n) is 8.24. The SMILES string of the molecule is CC1=C(C=O)N(c2ccccc2Cl)CO1. The van der Waals surface area contributed by atoms with Crippen molar-refractivity contribution in [2.24, 2.45) is 0 Å². The van der Waals surface area contributed by atoms with Gasteiger partial charge < -0.3 is 9.64 Å². The molecule has 0 aromatic heterocycles. The highest BCUT2D eigenvalue weighted by molar-refractivity contribution is 6.33. The van der Waals surface area contributed by atoms with Gasteiger partial charge in [0.05, 0.1) is 10.7 Å². The van der Waals surface area contributed by atoms with Crippen molar-refractivity contribution in [3.63, 3.8) is 0 Å². The lowest BCUT2D eigenvalue weighted by atomic mass is 10.2. The molecule has 78 valence electrons. The van der Waals surface area contributed by atoms with Crippen LogP contribution in [0.2, 0.25) is 5.02 Å². The molecule has 3 nitrogen and oxygen atoms in total. The van der Waals surface area contributed by atoms with E-state index in [-0.39, 0.29) is 0 Å². The maximum absolute atomic E-state index is 10.9. The molecule has 4 heteroatoms. The zero-order chi connectivity index (χ0) is 10.8. The number of para-hydroxylation sites is 1. The van der Waals surface area contributed by atoms with E-state index < -0.39 is 0 Å². The highest BCUT2D eigenvalue weighted by Gasteiger charge is 2.23. The van der Waals surface area contributed by atoms with Gasteiger partial charge in [-0.2, -0.15) is 0 Å². The Bertz CT molecular complexity index is 428. The van der Waals surface area contributed by atoms with Crippen LogP contribution in [0.3, 0.4) is 0 Å². The van der Waals surface area contributed by atoms with Gasteiger partial charge in [-0.25, -0.2) is 0 Å². The highest BCUT2D eigenvalue weighted by Crippen LogP contribution is 2.31. The number of anilines is 1. The van der Waals surface area contributed by atoms with Gasteiger partial charge in [-0.3, -0.25) is 4.79 Å². The number of allylic oxidation sites excluding steroid dienone is 2. The van der Waals surface area contributed by atoms with E-state index in [2.05, 4.69) is 0 Å². The van der Waals surface area contributed by atoms with Crippen molar-refractivity contribution in [1.29, 1.82) is 0 Å². The number of hydrogen-bond acceptors (Lipinski definition) is 3. The standard InChI is InChI=1S/C11H10ClNO2/c1-8-11(6-14)13(7-15-8)10-5-3-2-4-9(10)12/h2-6H,7H2,1H3. The van der Waals surface area contributed by atoms with Gasteiger partial charge in [0.1, 0.15) is 11.5 Å². The van der Waals surface area contributed by atoms with Crippen LogP contribution < -0.4 is 4.90 Å². The largest absolute Gasteiger partial charge is 0.475 e. The quantitative estimate of drug-likeness (QED) is 0.722. The van der Waals surface area contributed by atoms with Crippen molar-refractivity contribution >= 4 is 23.6 Å². The molecule has 0 unspecified atom stereocenters. The van der Waals surface area contributed by atoms with E-state index in [4.69, 9.17) is 16.3 Å². The Kier molecular flexibility index (Phi) is 2.64. The maximum atomic E-state index is 10.9. The third-order valence-corrected chi connectivity index (χ3v) is 2.64. The van der Waals surface area contributed by atoms with Crippen LogP contribution in [0.25, 0.3) is 0 Å². The number of nitrogens with zero attached hydrogens (tertiary/aromatic N) is 1. The van der Waals surface area contributed by atoms with Crippen molar-refractivity contribution in [2.75, 3.05) is 11.6 Å². The summed E-state index contributed by atoms with van der Waals surface area (Å²) in [5, 5.41) is 0.607. The summed E-state index contributed by atoms with van der Waals surface area (Å²) in [5.41, 5.74) is 1.32. The number of aldehydes is 1. The van der Waals surface area contributed by atoms with Crippen LogP contribution in [0.5, 0.6) is 0 Å². The van der Waals surface area contributed by atoms with Crippen LogP contribution in [-0.2, 0) is 9.53 Å². The lowest BCUT2D eigenvalue weighted by molar-refractivity contribution is -0.105. The van der Waals surface area contributed by atoms with E-state index in [0.717, 1.165) is 12.0 Å². The molecule has 0 bridgehead atoms. The molecule has 0 saturated carbocycles. The van der Waals surface area contributed by atoms with Crippen molar-refractivity contribution < 1.29 is 9.53 Å². The number of carbonyl (C=O) groups is 1. The summed E-state index contributed by atoms with van der Waals surface area (Å²) >= 11 is 6.04. The average Bonchev–Trinajstić information content (AvgIpc) is 2.60. The molecule has 15 heavy (non-hydrogen) atoms. The van der Waals surface area contributed by atoms with E-state index >= 15 is 0 Å². The van der Waals surface area contributed by atoms with Crippen molar-refractivity contribution in [3.05, 3.63) is 40.7 Å². The fourth-order valence-corrected chi connectivity index (χ4v) is 1.75. The number of rotatable bonds is 2. The number of ether oxygens (including phenoxy) is 1. The Balaban J connectivity index is 2.42. The first kappa shape index (κ1) is 10.1. The molecule has 0 amide bonds. The fourth-order valence-electron chi connectivity index (χ4n) is 1.51. The monoisotopic (exact) mass is 223 g/mol. The average molecular weight is 224 g/mol. The molecule has 1 heterocycles. The molecule has 0 fully saturated rings. The Labute approximate surface area is 92.9 Å². The summed E-state index contributed by atoms with van der Waals surface area (Å²) in [5.74, 6) is 0.630. The summed E-state index contributed by atoms with van der Waals surface area (Å²) < 4.78 is 5.29. The van der Waals surface area contributed by atoms with Gasteiger partial charge in [0.15, 0.2) is 13.0 Å². The summed E-state index contributed by atoms with van der Waals surface area (Å²) in [4.78, 5) is 12.6. The van der Waals surface area contributed by atoms with Crippen molar-refractivity contribution in [1.82, 2.24) is 0 Å². The second-order valence-electron chi connectivity index (χ2n) is 3.21. The van der Waals surface area contributed by atoms with Crippen molar-refractivity contribution in [3.8, 4) is 0 Å². The number of hydrogen-bond donors (Lipinski definition) is 0. The van der Waals surface area contributed by atoms with Crippen molar-refractivity contribution in [2.45, 2.75) is 6.92 Å². The Morgan fingerprint density at radius 3 is 2.87 bits per heavy atom. The highest BCUT2D eigenvalue weighted by atomic mass is 35.5. The second kappa shape index (κ2) is 3.95.